The molecule has 0 radical (unpaired) electrons. The van der Waals surface area contributed by atoms with Gasteiger partial charge in [0.1, 0.15) is 5.82 Å². The Labute approximate surface area is 139 Å². The van der Waals surface area contributed by atoms with Crippen molar-refractivity contribution in [2.75, 3.05) is 31.1 Å². The summed E-state index contributed by atoms with van der Waals surface area (Å²) in [5.41, 5.74) is 0.627. The molecule has 3 rings (SSSR count). The number of anilines is 1. The molecular weight excluding hydrogens is 306 g/mol. The predicted molar refractivity (Wildman–Crippen MR) is 90.6 cm³/mol. The molecule has 0 unspecified atom stereocenters. The fourth-order valence-corrected chi connectivity index (χ4v) is 2.83. The SMILES string of the molecule is CC#CCn1c(N2CCNCC2)nc2nc(CC#N)n(C)c(=O)c21. The first-order chi connectivity index (χ1) is 11.7. The number of nitriles is 1. The van der Waals surface area contributed by atoms with Crippen molar-refractivity contribution < 1.29 is 0 Å². The van der Waals surface area contributed by atoms with Crippen molar-refractivity contribution in [2.45, 2.75) is 19.9 Å². The molecule has 1 fully saturated rings. The summed E-state index contributed by atoms with van der Waals surface area (Å²) in [7, 11) is 1.63. The van der Waals surface area contributed by atoms with Gasteiger partial charge in [-0.2, -0.15) is 10.2 Å². The molecule has 0 spiro atoms. The van der Waals surface area contributed by atoms with Gasteiger partial charge in [-0.1, -0.05) is 5.92 Å². The molecule has 1 N–H and O–H groups in total. The monoisotopic (exact) mass is 325 g/mol. The highest BCUT2D eigenvalue weighted by Gasteiger charge is 2.22. The average molecular weight is 325 g/mol. The number of nitrogens with one attached hydrogen (secondary N) is 1. The minimum atomic E-state index is -0.197. The minimum Gasteiger partial charge on any atom is -0.340 e. The van der Waals surface area contributed by atoms with Crippen molar-refractivity contribution in [1.82, 2.24) is 24.4 Å². The van der Waals surface area contributed by atoms with Gasteiger partial charge in [0.2, 0.25) is 5.95 Å². The quantitative estimate of drug-likeness (QED) is 0.774. The van der Waals surface area contributed by atoms with Crippen LogP contribution in [0.4, 0.5) is 5.95 Å². The van der Waals surface area contributed by atoms with Gasteiger partial charge in [-0.05, 0) is 6.92 Å². The standard InChI is InChI=1S/C16H19N7O/c1-3-4-9-23-13-14(19-12(5-6-17)21(2)15(13)24)20-16(23)22-10-7-18-8-11-22/h18H,5,7-11H2,1-2H3. The maximum atomic E-state index is 12.8. The van der Waals surface area contributed by atoms with Crippen molar-refractivity contribution in [2.24, 2.45) is 7.05 Å². The highest BCUT2D eigenvalue weighted by Crippen LogP contribution is 2.20. The zero-order valence-electron chi connectivity index (χ0n) is 13.8. The van der Waals surface area contributed by atoms with Crippen molar-refractivity contribution in [3.8, 4) is 17.9 Å². The highest BCUT2D eigenvalue weighted by molar-refractivity contribution is 5.74. The molecule has 0 atom stereocenters. The largest absolute Gasteiger partial charge is 0.340 e. The van der Waals surface area contributed by atoms with Crippen molar-refractivity contribution in [3.63, 3.8) is 0 Å². The molecule has 2 aromatic rings. The number of imidazole rings is 1. The number of hydrogen-bond acceptors (Lipinski definition) is 6. The lowest BCUT2D eigenvalue weighted by Crippen LogP contribution is -2.44. The third kappa shape index (κ3) is 2.72. The van der Waals surface area contributed by atoms with Gasteiger partial charge in [-0.15, -0.1) is 5.92 Å². The van der Waals surface area contributed by atoms with Crippen LogP contribution >= 0.6 is 0 Å². The maximum Gasteiger partial charge on any atom is 0.279 e. The Bertz CT molecular complexity index is 916. The van der Waals surface area contributed by atoms with Crippen LogP contribution in [0.25, 0.3) is 11.2 Å². The first-order valence-corrected chi connectivity index (χ1v) is 7.85. The fraction of sp³-hybridized carbons (Fsp3) is 0.500. The number of nitrogens with zero attached hydrogens (tertiary/aromatic N) is 6. The third-order valence-electron chi connectivity index (χ3n) is 4.11. The summed E-state index contributed by atoms with van der Waals surface area (Å²) in [6.07, 6.45) is 0.0757. The fourth-order valence-electron chi connectivity index (χ4n) is 2.83. The van der Waals surface area contributed by atoms with Gasteiger partial charge in [-0.25, -0.2) is 4.98 Å². The Morgan fingerprint density at radius 1 is 1.29 bits per heavy atom. The van der Waals surface area contributed by atoms with Crippen LogP contribution in [0.5, 0.6) is 0 Å². The van der Waals surface area contributed by atoms with E-state index in [2.05, 4.69) is 32.0 Å². The number of hydrogen-bond donors (Lipinski definition) is 1. The van der Waals surface area contributed by atoms with Crippen LogP contribution in [0, 0.1) is 23.2 Å². The summed E-state index contributed by atoms with van der Waals surface area (Å²) in [6, 6.07) is 2.04. The molecule has 1 saturated heterocycles. The van der Waals surface area contributed by atoms with Gasteiger partial charge in [0, 0.05) is 33.2 Å². The van der Waals surface area contributed by atoms with Crippen LogP contribution in [-0.2, 0) is 20.0 Å². The molecule has 0 amide bonds. The first kappa shape index (κ1) is 16.0. The molecule has 0 aliphatic carbocycles. The van der Waals surface area contributed by atoms with Crippen LogP contribution < -0.4 is 15.8 Å². The van der Waals surface area contributed by atoms with E-state index < -0.39 is 0 Å². The molecule has 124 valence electrons. The molecular formula is C16H19N7O. The topological polar surface area (TPSA) is 91.8 Å². The second kappa shape index (κ2) is 6.73. The normalized spacial score (nSPS) is 14.3. The van der Waals surface area contributed by atoms with Gasteiger partial charge < -0.3 is 10.2 Å². The second-order valence-corrected chi connectivity index (χ2v) is 5.56. The molecule has 3 heterocycles. The van der Waals surface area contributed by atoms with Gasteiger partial charge >= 0.3 is 0 Å². The molecule has 0 saturated carbocycles. The van der Waals surface area contributed by atoms with E-state index in [9.17, 15) is 4.79 Å². The predicted octanol–water partition coefficient (Wildman–Crippen LogP) is -0.371. The van der Waals surface area contributed by atoms with Crippen LogP contribution in [0.3, 0.4) is 0 Å². The van der Waals surface area contributed by atoms with Crippen molar-refractivity contribution >= 4 is 17.1 Å². The Morgan fingerprint density at radius 3 is 2.71 bits per heavy atom. The highest BCUT2D eigenvalue weighted by atomic mass is 16.1. The van der Waals surface area contributed by atoms with Crippen molar-refractivity contribution in [3.05, 3.63) is 16.2 Å². The average Bonchev–Trinajstić information content (AvgIpc) is 2.97. The Morgan fingerprint density at radius 2 is 2.04 bits per heavy atom. The summed E-state index contributed by atoms with van der Waals surface area (Å²) >= 11 is 0. The second-order valence-electron chi connectivity index (χ2n) is 5.56. The molecule has 2 aromatic heterocycles. The summed E-state index contributed by atoms with van der Waals surface area (Å²) in [6.45, 7) is 5.52. The lowest BCUT2D eigenvalue weighted by Gasteiger charge is -2.28. The summed E-state index contributed by atoms with van der Waals surface area (Å²) < 4.78 is 3.26. The van der Waals surface area contributed by atoms with Crippen LogP contribution in [0.15, 0.2) is 4.79 Å². The summed E-state index contributed by atoms with van der Waals surface area (Å²) in [4.78, 5) is 23.9. The summed E-state index contributed by atoms with van der Waals surface area (Å²) in [5.74, 6) is 7.02. The van der Waals surface area contributed by atoms with E-state index in [1.54, 1.807) is 14.0 Å². The zero-order chi connectivity index (χ0) is 17.1. The lowest BCUT2D eigenvalue weighted by atomic mass is 10.4. The Hall–Kier alpha value is -2.84. The van der Waals surface area contributed by atoms with Gasteiger partial charge in [0.05, 0.1) is 19.0 Å². The first-order valence-electron chi connectivity index (χ1n) is 7.85. The van der Waals surface area contributed by atoms with Crippen LogP contribution in [0.1, 0.15) is 12.7 Å². The van der Waals surface area contributed by atoms with E-state index in [1.807, 2.05) is 10.6 Å². The number of rotatable bonds is 3. The smallest absolute Gasteiger partial charge is 0.279 e. The minimum absolute atomic E-state index is 0.0757. The molecule has 8 nitrogen and oxygen atoms in total. The van der Waals surface area contributed by atoms with E-state index in [0.717, 1.165) is 26.2 Å². The van der Waals surface area contributed by atoms with E-state index in [-0.39, 0.29) is 12.0 Å². The summed E-state index contributed by atoms with van der Waals surface area (Å²) in [5, 5.41) is 12.2. The molecule has 24 heavy (non-hydrogen) atoms. The molecule has 0 bridgehead atoms. The number of aromatic nitrogens is 4. The van der Waals surface area contributed by atoms with Gasteiger partial charge in [0.15, 0.2) is 11.2 Å². The molecule has 8 heteroatoms. The zero-order valence-corrected chi connectivity index (χ0v) is 13.8. The molecule has 1 aliphatic heterocycles. The van der Waals surface area contributed by atoms with Gasteiger partial charge in [-0.3, -0.25) is 13.9 Å². The van der Waals surface area contributed by atoms with Crippen LogP contribution in [0.2, 0.25) is 0 Å². The third-order valence-corrected chi connectivity index (χ3v) is 4.11. The lowest BCUT2D eigenvalue weighted by molar-refractivity contribution is 0.573. The maximum absolute atomic E-state index is 12.8. The number of fused-ring (bicyclic) bond motifs is 1. The van der Waals surface area contributed by atoms with E-state index in [1.165, 1.54) is 4.57 Å². The Balaban J connectivity index is 2.23. The molecule has 1 aliphatic rings. The molecule has 0 aromatic carbocycles. The van der Waals surface area contributed by atoms with E-state index in [0.29, 0.717) is 29.5 Å². The number of piperazine rings is 1. The van der Waals surface area contributed by atoms with Crippen LogP contribution in [-0.4, -0.2) is 45.3 Å². The Kier molecular flexibility index (Phi) is 4.50. The van der Waals surface area contributed by atoms with Crippen molar-refractivity contribution in [1.29, 1.82) is 5.26 Å². The van der Waals surface area contributed by atoms with E-state index in [4.69, 9.17) is 5.26 Å². The van der Waals surface area contributed by atoms with E-state index >= 15 is 0 Å². The van der Waals surface area contributed by atoms with Gasteiger partial charge in [0.25, 0.3) is 5.56 Å².